The number of phenols is 1. The van der Waals surface area contributed by atoms with Gasteiger partial charge in [0.1, 0.15) is 11.5 Å². The molecule has 0 aliphatic heterocycles. The fourth-order valence-electron chi connectivity index (χ4n) is 3.48. The lowest BCUT2D eigenvalue weighted by Crippen LogP contribution is -2.13. The molecule has 0 atom stereocenters. The van der Waals surface area contributed by atoms with Crippen molar-refractivity contribution in [2.75, 3.05) is 11.9 Å². The van der Waals surface area contributed by atoms with E-state index in [1.165, 1.54) is 49.7 Å². The molecule has 0 aliphatic carbocycles. The quantitative estimate of drug-likeness (QED) is 0.270. The molecule has 2 rings (SSSR count). The van der Waals surface area contributed by atoms with Gasteiger partial charge in [0, 0.05) is 6.42 Å². The van der Waals surface area contributed by atoms with Crippen LogP contribution in [-0.4, -0.2) is 17.6 Å². The first-order valence-electron chi connectivity index (χ1n) is 11.5. The maximum Gasteiger partial charge on any atom is 0.224 e. The highest BCUT2D eigenvalue weighted by molar-refractivity contribution is 5.92. The van der Waals surface area contributed by atoms with Crippen molar-refractivity contribution >= 4 is 11.6 Å². The topological polar surface area (TPSA) is 58.6 Å². The normalized spacial score (nSPS) is 10.7. The van der Waals surface area contributed by atoms with E-state index in [9.17, 15) is 9.90 Å². The third kappa shape index (κ3) is 8.48. The minimum Gasteiger partial charge on any atom is -0.506 e. The predicted octanol–water partition coefficient (Wildman–Crippen LogP) is 6.66. The van der Waals surface area contributed by atoms with E-state index in [-0.39, 0.29) is 11.7 Å². The van der Waals surface area contributed by atoms with Gasteiger partial charge in [-0.3, -0.25) is 4.79 Å². The van der Waals surface area contributed by atoms with E-state index in [0.717, 1.165) is 18.6 Å². The Morgan fingerprint density at radius 1 is 0.933 bits per heavy atom. The van der Waals surface area contributed by atoms with E-state index >= 15 is 0 Å². The van der Waals surface area contributed by atoms with Gasteiger partial charge in [-0.15, -0.1) is 0 Å². The molecular weight excluding hydrogens is 374 g/mol. The van der Waals surface area contributed by atoms with Crippen molar-refractivity contribution in [1.29, 1.82) is 0 Å². The smallest absolute Gasteiger partial charge is 0.224 e. The van der Waals surface area contributed by atoms with Crippen LogP contribution < -0.4 is 10.1 Å². The zero-order valence-electron chi connectivity index (χ0n) is 18.6. The lowest BCUT2D eigenvalue weighted by molar-refractivity contribution is -0.116. The molecule has 0 aromatic heterocycles. The maximum absolute atomic E-state index is 12.1. The fourth-order valence-corrected chi connectivity index (χ4v) is 3.48. The summed E-state index contributed by atoms with van der Waals surface area (Å²) in [6.07, 6.45) is 10.5. The number of aromatic hydroxyl groups is 1. The molecule has 30 heavy (non-hydrogen) atoms. The van der Waals surface area contributed by atoms with Gasteiger partial charge >= 0.3 is 0 Å². The number of benzene rings is 2. The molecule has 2 N–H and O–H groups in total. The van der Waals surface area contributed by atoms with Crippen LogP contribution in [0.5, 0.6) is 11.5 Å². The van der Waals surface area contributed by atoms with E-state index in [0.29, 0.717) is 25.1 Å². The van der Waals surface area contributed by atoms with Crippen molar-refractivity contribution in [2.45, 2.75) is 78.1 Å². The first-order chi connectivity index (χ1) is 14.6. The van der Waals surface area contributed by atoms with Gasteiger partial charge in [-0.2, -0.15) is 0 Å². The Hall–Kier alpha value is -2.49. The molecular formula is C26H37NO3. The Balaban J connectivity index is 1.84. The number of nitrogens with one attached hydrogen (secondary N) is 1. The van der Waals surface area contributed by atoms with Gasteiger partial charge in [-0.25, -0.2) is 0 Å². The van der Waals surface area contributed by atoms with Crippen LogP contribution in [0.15, 0.2) is 42.5 Å². The summed E-state index contributed by atoms with van der Waals surface area (Å²) in [5, 5.41) is 12.5. The summed E-state index contributed by atoms with van der Waals surface area (Å²) in [6, 6.07) is 13.4. The number of rotatable bonds is 14. The molecule has 4 heteroatoms. The van der Waals surface area contributed by atoms with Crippen molar-refractivity contribution in [3.8, 4) is 11.5 Å². The standard InChI is InChI=1S/C26H37NO3/c1-3-5-7-12-21-17-18-25(22(20-21)13-8-6-4-2)30-19-11-16-26(29)27-23-14-9-10-15-24(23)28/h9-10,14-15,17-18,20,28H,3-8,11-13,16,19H2,1-2H3,(H,27,29). The number of carbonyl (C=O) groups is 1. The Morgan fingerprint density at radius 3 is 2.40 bits per heavy atom. The van der Waals surface area contributed by atoms with Crippen LogP contribution in [0.25, 0.3) is 0 Å². The maximum atomic E-state index is 12.1. The van der Waals surface area contributed by atoms with Crippen molar-refractivity contribution in [2.24, 2.45) is 0 Å². The second-order valence-electron chi connectivity index (χ2n) is 7.87. The van der Waals surface area contributed by atoms with Crippen LogP contribution in [0.2, 0.25) is 0 Å². The summed E-state index contributed by atoms with van der Waals surface area (Å²) in [4.78, 5) is 12.1. The van der Waals surface area contributed by atoms with Crippen LogP contribution in [0, 0.1) is 0 Å². The molecule has 2 aromatic carbocycles. The molecule has 4 nitrogen and oxygen atoms in total. The molecule has 0 unspecified atom stereocenters. The SMILES string of the molecule is CCCCCc1ccc(OCCCC(=O)Nc2ccccc2O)c(CCCCC)c1. The van der Waals surface area contributed by atoms with Crippen molar-refractivity contribution < 1.29 is 14.6 Å². The lowest BCUT2D eigenvalue weighted by Gasteiger charge is -2.14. The van der Waals surface area contributed by atoms with Crippen LogP contribution in [0.4, 0.5) is 5.69 Å². The minimum atomic E-state index is -0.116. The molecule has 1 amide bonds. The summed E-state index contributed by atoms with van der Waals surface area (Å²) in [5.41, 5.74) is 3.13. The highest BCUT2D eigenvalue weighted by Gasteiger charge is 2.08. The molecule has 0 heterocycles. The van der Waals surface area contributed by atoms with Gasteiger partial charge < -0.3 is 15.2 Å². The number of aryl methyl sites for hydroxylation is 2. The Kier molecular flexibility index (Phi) is 10.8. The molecule has 2 aromatic rings. The monoisotopic (exact) mass is 411 g/mol. The van der Waals surface area contributed by atoms with Gasteiger partial charge in [0.15, 0.2) is 0 Å². The van der Waals surface area contributed by atoms with Gasteiger partial charge in [0.2, 0.25) is 5.91 Å². The molecule has 164 valence electrons. The molecule has 0 saturated heterocycles. The number of ether oxygens (including phenoxy) is 1. The number of carbonyl (C=O) groups excluding carboxylic acids is 1. The number of phenolic OH excluding ortho intramolecular Hbond substituents is 1. The molecule has 0 spiro atoms. The number of hydrogen-bond donors (Lipinski definition) is 2. The van der Waals surface area contributed by atoms with Crippen LogP contribution in [0.1, 0.15) is 76.3 Å². The lowest BCUT2D eigenvalue weighted by atomic mass is 10.00. The third-order valence-electron chi connectivity index (χ3n) is 5.23. The number of anilines is 1. The average molecular weight is 412 g/mol. The number of para-hydroxylation sites is 2. The first kappa shape index (κ1) is 23.8. The minimum absolute atomic E-state index is 0.0813. The summed E-state index contributed by atoms with van der Waals surface area (Å²) in [7, 11) is 0. The average Bonchev–Trinajstić information content (AvgIpc) is 2.74. The number of amides is 1. The second-order valence-corrected chi connectivity index (χ2v) is 7.87. The second kappa shape index (κ2) is 13.7. The van der Waals surface area contributed by atoms with Gasteiger partial charge in [0.25, 0.3) is 0 Å². The van der Waals surface area contributed by atoms with E-state index in [1.54, 1.807) is 24.3 Å². The summed E-state index contributed by atoms with van der Waals surface area (Å²) < 4.78 is 6.04. The summed E-state index contributed by atoms with van der Waals surface area (Å²) >= 11 is 0. The predicted molar refractivity (Wildman–Crippen MR) is 124 cm³/mol. The molecule has 0 saturated carbocycles. The fraction of sp³-hybridized carbons (Fsp3) is 0.500. The van der Waals surface area contributed by atoms with Gasteiger partial charge in [-0.1, -0.05) is 63.8 Å². The number of unbranched alkanes of at least 4 members (excludes halogenated alkanes) is 4. The van der Waals surface area contributed by atoms with Crippen molar-refractivity contribution in [3.05, 3.63) is 53.6 Å². The molecule has 0 radical (unpaired) electrons. The van der Waals surface area contributed by atoms with Crippen LogP contribution in [-0.2, 0) is 17.6 Å². The van der Waals surface area contributed by atoms with Crippen LogP contribution >= 0.6 is 0 Å². The zero-order valence-corrected chi connectivity index (χ0v) is 18.6. The van der Waals surface area contributed by atoms with Gasteiger partial charge in [-0.05, 0) is 61.4 Å². The highest BCUT2D eigenvalue weighted by Crippen LogP contribution is 2.25. The van der Waals surface area contributed by atoms with Crippen molar-refractivity contribution in [1.82, 2.24) is 0 Å². The van der Waals surface area contributed by atoms with Gasteiger partial charge in [0.05, 0.1) is 12.3 Å². The number of hydrogen-bond acceptors (Lipinski definition) is 3. The molecule has 0 aliphatic rings. The van der Waals surface area contributed by atoms with E-state index in [2.05, 4.69) is 37.4 Å². The third-order valence-corrected chi connectivity index (χ3v) is 5.23. The van der Waals surface area contributed by atoms with E-state index < -0.39 is 0 Å². The Labute approximate surface area is 181 Å². The van der Waals surface area contributed by atoms with Crippen molar-refractivity contribution in [3.63, 3.8) is 0 Å². The first-order valence-corrected chi connectivity index (χ1v) is 11.5. The van der Waals surface area contributed by atoms with Crippen LogP contribution in [0.3, 0.4) is 0 Å². The highest BCUT2D eigenvalue weighted by atomic mass is 16.5. The summed E-state index contributed by atoms with van der Waals surface area (Å²) in [6.45, 7) is 4.96. The van der Waals surface area contributed by atoms with E-state index in [1.807, 2.05) is 0 Å². The Bertz CT molecular complexity index is 773. The zero-order chi connectivity index (χ0) is 21.6. The largest absolute Gasteiger partial charge is 0.506 e. The molecule has 0 fully saturated rings. The van der Waals surface area contributed by atoms with E-state index in [4.69, 9.17) is 4.74 Å². The Morgan fingerprint density at radius 2 is 1.67 bits per heavy atom. The summed E-state index contributed by atoms with van der Waals surface area (Å²) in [5.74, 6) is 0.916. The molecule has 0 bridgehead atoms.